The third kappa shape index (κ3) is 18.4. The second-order valence-corrected chi connectivity index (χ2v) is 13.8. The van der Waals surface area contributed by atoms with E-state index in [1.807, 2.05) is 0 Å². The van der Waals surface area contributed by atoms with Crippen molar-refractivity contribution in [1.82, 2.24) is 14.7 Å². The Kier molecular flexibility index (Phi) is 18.5. The first kappa shape index (κ1) is 35.1. The smallest absolute Gasteiger partial charge is 0.0190 e. The minimum Gasteiger partial charge on any atom is -0.306 e. The number of likely N-dealkylation sites (tertiary alicyclic amines) is 1. The van der Waals surface area contributed by atoms with Crippen molar-refractivity contribution in [3.63, 3.8) is 0 Å². The SMILES string of the molecule is CC1=CCN(C)C1.CC1=CCN(C)CC1.CC1=CC[C@H](C)CC1.CC1CCC(C)CC1.C[C@@H]1CCN(C)C1. The zero-order chi connectivity index (χ0) is 28.5. The third-order valence-electron chi connectivity index (χ3n) is 8.74. The monoisotopic (exact) mass is 530 g/mol. The highest BCUT2D eigenvalue weighted by Gasteiger charge is 2.14. The average Bonchev–Trinajstić information content (AvgIpc) is 3.46. The van der Waals surface area contributed by atoms with E-state index in [2.05, 4.69) is 103 Å². The van der Waals surface area contributed by atoms with Crippen LogP contribution in [0.25, 0.3) is 0 Å². The molecule has 3 aliphatic heterocycles. The molecule has 0 N–H and O–H groups in total. The van der Waals surface area contributed by atoms with E-state index in [0.29, 0.717) is 0 Å². The molecule has 0 aromatic heterocycles. The molecule has 0 aromatic rings. The maximum Gasteiger partial charge on any atom is 0.0190 e. The van der Waals surface area contributed by atoms with Crippen LogP contribution >= 0.6 is 0 Å². The summed E-state index contributed by atoms with van der Waals surface area (Å²) in [7, 11) is 6.47. The summed E-state index contributed by atoms with van der Waals surface area (Å²) in [6.45, 7) is 23.3. The molecule has 222 valence electrons. The van der Waals surface area contributed by atoms with Crippen LogP contribution in [0.4, 0.5) is 0 Å². The van der Waals surface area contributed by atoms with Crippen molar-refractivity contribution in [2.24, 2.45) is 23.7 Å². The van der Waals surface area contributed by atoms with Gasteiger partial charge in [0.05, 0.1) is 0 Å². The van der Waals surface area contributed by atoms with E-state index in [4.69, 9.17) is 0 Å². The van der Waals surface area contributed by atoms with Gasteiger partial charge in [0.2, 0.25) is 0 Å². The van der Waals surface area contributed by atoms with Gasteiger partial charge in [-0.15, -0.1) is 0 Å². The summed E-state index contributed by atoms with van der Waals surface area (Å²) in [5.41, 5.74) is 4.63. The molecular formula is C35H67N3. The molecule has 3 heterocycles. The van der Waals surface area contributed by atoms with E-state index in [9.17, 15) is 0 Å². The van der Waals surface area contributed by atoms with Gasteiger partial charge in [-0.25, -0.2) is 0 Å². The summed E-state index contributed by atoms with van der Waals surface area (Å²) in [6, 6.07) is 0. The molecule has 0 spiro atoms. The van der Waals surface area contributed by atoms with E-state index < -0.39 is 0 Å². The maximum absolute atomic E-state index is 2.38. The Morgan fingerprint density at radius 1 is 0.526 bits per heavy atom. The molecule has 2 atom stereocenters. The molecule has 0 amide bonds. The normalized spacial score (nSPS) is 30.0. The number of allylic oxidation sites excluding steroid dienone is 2. The molecule has 3 heteroatoms. The van der Waals surface area contributed by atoms with Crippen LogP contribution in [0, 0.1) is 23.7 Å². The Morgan fingerprint density at radius 3 is 1.34 bits per heavy atom. The van der Waals surface area contributed by atoms with Gasteiger partial charge >= 0.3 is 0 Å². The van der Waals surface area contributed by atoms with Gasteiger partial charge in [0.1, 0.15) is 0 Å². The van der Waals surface area contributed by atoms with Crippen molar-refractivity contribution in [2.45, 2.75) is 106 Å². The van der Waals surface area contributed by atoms with Gasteiger partial charge in [-0.2, -0.15) is 0 Å². The number of hydrogen-bond acceptors (Lipinski definition) is 3. The topological polar surface area (TPSA) is 9.72 Å². The predicted molar refractivity (Wildman–Crippen MR) is 172 cm³/mol. The quantitative estimate of drug-likeness (QED) is 0.291. The van der Waals surface area contributed by atoms with E-state index in [1.165, 1.54) is 89.5 Å². The second kappa shape index (κ2) is 20.0. The van der Waals surface area contributed by atoms with Crippen molar-refractivity contribution in [2.75, 3.05) is 60.4 Å². The summed E-state index contributed by atoms with van der Waals surface area (Å²) in [5.74, 6) is 3.93. The molecule has 0 bridgehead atoms. The lowest BCUT2D eigenvalue weighted by molar-refractivity contribution is 0.308. The van der Waals surface area contributed by atoms with Crippen molar-refractivity contribution in [1.29, 1.82) is 0 Å². The van der Waals surface area contributed by atoms with Crippen molar-refractivity contribution >= 4 is 0 Å². The molecule has 38 heavy (non-hydrogen) atoms. The Balaban J connectivity index is 0.000000238. The maximum atomic E-state index is 2.38. The van der Waals surface area contributed by atoms with Gasteiger partial charge in [0.25, 0.3) is 0 Å². The fraction of sp³-hybridized carbons (Fsp3) is 0.829. The standard InChI is InChI=1S/C8H16.C8H14.C7H13N.C6H13N.C6H11N/c3*1-7-3-5-8(2)6-4-7;2*1-6-3-4-7(2)5-6/h7-8H,3-6H2,1-2H3;3,8H,4-6H2,1-2H3;3H,4-6H2,1-2H3;6H,3-5H2,1-2H3;3H,4-5H2,1-2H3/t;8-;;6-;/m.0.1./s1. The molecule has 0 radical (unpaired) electrons. The first-order valence-corrected chi connectivity index (χ1v) is 16.0. The molecule has 2 fully saturated rings. The van der Waals surface area contributed by atoms with Crippen LogP contribution < -0.4 is 0 Å². The lowest BCUT2D eigenvalue weighted by atomic mass is 9.84. The lowest BCUT2D eigenvalue weighted by Crippen LogP contribution is -2.23. The summed E-state index contributed by atoms with van der Waals surface area (Å²) < 4.78 is 0. The van der Waals surface area contributed by atoms with Crippen LogP contribution in [0.2, 0.25) is 0 Å². The number of hydrogen-bond donors (Lipinski definition) is 0. The van der Waals surface area contributed by atoms with Crippen LogP contribution in [-0.2, 0) is 0 Å². The molecule has 2 aliphatic carbocycles. The number of nitrogens with zero attached hydrogens (tertiary/aromatic N) is 3. The van der Waals surface area contributed by atoms with Crippen LogP contribution in [0.5, 0.6) is 0 Å². The van der Waals surface area contributed by atoms with Crippen LogP contribution in [-0.4, -0.2) is 75.1 Å². The van der Waals surface area contributed by atoms with E-state index in [0.717, 1.165) is 36.8 Å². The Labute approximate surface area is 239 Å². The van der Waals surface area contributed by atoms with Gasteiger partial charge in [0, 0.05) is 32.7 Å². The van der Waals surface area contributed by atoms with Crippen molar-refractivity contribution in [3.8, 4) is 0 Å². The van der Waals surface area contributed by atoms with Crippen LogP contribution in [0.15, 0.2) is 34.9 Å². The average molecular weight is 530 g/mol. The lowest BCUT2D eigenvalue weighted by Gasteiger charge is -2.22. The fourth-order valence-electron chi connectivity index (χ4n) is 5.42. The number of rotatable bonds is 0. The third-order valence-corrected chi connectivity index (χ3v) is 8.74. The van der Waals surface area contributed by atoms with Crippen molar-refractivity contribution in [3.05, 3.63) is 34.9 Å². The predicted octanol–water partition coefficient (Wildman–Crippen LogP) is 8.69. The first-order valence-electron chi connectivity index (χ1n) is 16.0. The zero-order valence-corrected chi connectivity index (χ0v) is 27.5. The Morgan fingerprint density at radius 2 is 1.08 bits per heavy atom. The number of likely N-dealkylation sites (N-methyl/N-ethyl adjacent to an activating group) is 2. The summed E-state index contributed by atoms with van der Waals surface area (Å²) in [5, 5.41) is 0. The molecule has 0 unspecified atom stereocenters. The van der Waals surface area contributed by atoms with Crippen molar-refractivity contribution < 1.29 is 0 Å². The van der Waals surface area contributed by atoms with Gasteiger partial charge in [-0.1, -0.05) is 88.3 Å². The molecule has 5 rings (SSSR count). The van der Waals surface area contributed by atoms with Gasteiger partial charge in [-0.3, -0.25) is 4.90 Å². The first-order chi connectivity index (χ1) is 17.9. The van der Waals surface area contributed by atoms with Gasteiger partial charge in [0.15, 0.2) is 0 Å². The minimum atomic E-state index is 0.943. The van der Waals surface area contributed by atoms with E-state index >= 15 is 0 Å². The van der Waals surface area contributed by atoms with Crippen LogP contribution in [0.1, 0.15) is 106 Å². The molecule has 5 aliphatic rings. The highest BCUT2D eigenvalue weighted by atomic mass is 15.1. The molecule has 0 aromatic carbocycles. The second-order valence-electron chi connectivity index (χ2n) is 13.8. The fourth-order valence-corrected chi connectivity index (χ4v) is 5.42. The summed E-state index contributed by atoms with van der Waals surface area (Å²) in [4.78, 5) is 6.99. The largest absolute Gasteiger partial charge is 0.306 e. The van der Waals surface area contributed by atoms with Gasteiger partial charge in [-0.05, 0) is 104 Å². The molecule has 1 saturated carbocycles. The Hall–Kier alpha value is -0.900. The van der Waals surface area contributed by atoms with E-state index in [1.54, 1.807) is 11.1 Å². The summed E-state index contributed by atoms with van der Waals surface area (Å²) in [6.07, 6.45) is 19.5. The highest BCUT2D eigenvalue weighted by Crippen LogP contribution is 2.27. The highest BCUT2D eigenvalue weighted by molar-refractivity contribution is 5.07. The minimum absolute atomic E-state index is 0.943. The zero-order valence-electron chi connectivity index (χ0n) is 27.5. The van der Waals surface area contributed by atoms with E-state index in [-0.39, 0.29) is 0 Å². The van der Waals surface area contributed by atoms with Crippen LogP contribution in [0.3, 0.4) is 0 Å². The molecule has 3 nitrogen and oxygen atoms in total. The van der Waals surface area contributed by atoms with Gasteiger partial charge < -0.3 is 9.80 Å². The summed E-state index contributed by atoms with van der Waals surface area (Å²) >= 11 is 0. The Bertz CT molecular complexity index is 652. The molecule has 1 saturated heterocycles. The molecular weight excluding hydrogens is 462 g/mol.